The second-order valence-electron chi connectivity index (χ2n) is 1.36. The SMILES string of the molecule is C=CNCCOCC. The highest BCUT2D eigenvalue weighted by atomic mass is 16.5. The summed E-state index contributed by atoms with van der Waals surface area (Å²) in [4.78, 5) is 0. The molecule has 48 valence electrons. The Balaban J connectivity index is 2.62. The Morgan fingerprint density at radius 1 is 1.75 bits per heavy atom. The highest BCUT2D eigenvalue weighted by Gasteiger charge is 1.77. The smallest absolute Gasteiger partial charge is 0.0638 e. The summed E-state index contributed by atoms with van der Waals surface area (Å²) in [6, 6.07) is 0. The minimum Gasteiger partial charge on any atom is -0.389 e. The molecule has 0 saturated heterocycles. The summed E-state index contributed by atoms with van der Waals surface area (Å²) >= 11 is 0. The van der Waals surface area contributed by atoms with Crippen molar-refractivity contribution in [3.63, 3.8) is 0 Å². The van der Waals surface area contributed by atoms with Crippen LogP contribution in [0.15, 0.2) is 12.8 Å². The molecule has 0 fully saturated rings. The van der Waals surface area contributed by atoms with E-state index >= 15 is 0 Å². The maximum absolute atomic E-state index is 5.03. The standard InChI is InChI=1S/C6H13NO/c1-3-7-5-6-8-4-2/h3,7H,1,4-6H2,2H3. The van der Waals surface area contributed by atoms with Crippen LogP contribution >= 0.6 is 0 Å². The summed E-state index contributed by atoms with van der Waals surface area (Å²) in [5.41, 5.74) is 0. The third-order valence-electron chi connectivity index (χ3n) is 0.739. The number of ether oxygens (including phenoxy) is 1. The van der Waals surface area contributed by atoms with E-state index in [0.717, 1.165) is 19.8 Å². The molecule has 0 atom stereocenters. The van der Waals surface area contributed by atoms with Gasteiger partial charge < -0.3 is 10.1 Å². The third-order valence-corrected chi connectivity index (χ3v) is 0.739. The molecule has 8 heavy (non-hydrogen) atoms. The maximum atomic E-state index is 5.03. The Labute approximate surface area is 50.5 Å². The fourth-order valence-electron chi connectivity index (χ4n) is 0.377. The highest BCUT2D eigenvalue weighted by molar-refractivity contribution is 4.61. The molecule has 0 radical (unpaired) electrons. The van der Waals surface area contributed by atoms with E-state index in [1.165, 1.54) is 0 Å². The third kappa shape index (κ3) is 5.50. The van der Waals surface area contributed by atoms with Gasteiger partial charge in [0.05, 0.1) is 6.61 Å². The molecule has 0 bridgehead atoms. The molecule has 0 aromatic carbocycles. The number of hydrogen-bond donors (Lipinski definition) is 1. The Bertz CT molecular complexity index is 54.5. The van der Waals surface area contributed by atoms with Crippen molar-refractivity contribution >= 4 is 0 Å². The van der Waals surface area contributed by atoms with Crippen molar-refractivity contribution in [3.05, 3.63) is 12.8 Å². The van der Waals surface area contributed by atoms with Crippen LogP contribution in [0.25, 0.3) is 0 Å². The van der Waals surface area contributed by atoms with Gasteiger partial charge in [-0.25, -0.2) is 0 Å². The first kappa shape index (κ1) is 7.50. The van der Waals surface area contributed by atoms with E-state index in [1.54, 1.807) is 6.20 Å². The maximum Gasteiger partial charge on any atom is 0.0638 e. The van der Waals surface area contributed by atoms with Gasteiger partial charge in [0.1, 0.15) is 0 Å². The van der Waals surface area contributed by atoms with Gasteiger partial charge in [-0.1, -0.05) is 6.58 Å². The number of hydrogen-bond acceptors (Lipinski definition) is 2. The minimum atomic E-state index is 0.766. The van der Waals surface area contributed by atoms with Crippen LogP contribution in [0.4, 0.5) is 0 Å². The molecule has 0 aromatic rings. The molecule has 1 N–H and O–H groups in total. The average Bonchev–Trinajstić information content (AvgIpc) is 1.81. The second kappa shape index (κ2) is 6.50. The van der Waals surface area contributed by atoms with Gasteiger partial charge in [-0.2, -0.15) is 0 Å². The molecule has 0 unspecified atom stereocenters. The normalized spacial score (nSPS) is 8.62. The number of nitrogens with one attached hydrogen (secondary N) is 1. The molecule has 0 aliphatic carbocycles. The lowest BCUT2D eigenvalue weighted by atomic mass is 10.7. The van der Waals surface area contributed by atoms with Gasteiger partial charge in [0.2, 0.25) is 0 Å². The first-order chi connectivity index (χ1) is 3.91. The highest BCUT2D eigenvalue weighted by Crippen LogP contribution is 1.68. The summed E-state index contributed by atoms with van der Waals surface area (Å²) in [6.45, 7) is 7.89. The average molecular weight is 115 g/mol. The summed E-state index contributed by atoms with van der Waals surface area (Å²) in [7, 11) is 0. The van der Waals surface area contributed by atoms with Gasteiger partial charge >= 0.3 is 0 Å². The topological polar surface area (TPSA) is 21.3 Å². The van der Waals surface area contributed by atoms with Gasteiger partial charge in [-0.15, -0.1) is 0 Å². The zero-order valence-corrected chi connectivity index (χ0v) is 5.31. The Kier molecular flexibility index (Phi) is 6.09. The molecule has 2 nitrogen and oxygen atoms in total. The van der Waals surface area contributed by atoms with E-state index in [0.29, 0.717) is 0 Å². The molecule has 0 saturated carbocycles. The summed E-state index contributed by atoms with van der Waals surface area (Å²) in [5.74, 6) is 0. The lowest BCUT2D eigenvalue weighted by Gasteiger charge is -1.98. The lowest BCUT2D eigenvalue weighted by Crippen LogP contribution is -2.12. The van der Waals surface area contributed by atoms with Gasteiger partial charge in [0.25, 0.3) is 0 Å². The summed E-state index contributed by atoms with van der Waals surface area (Å²) < 4.78 is 5.03. The van der Waals surface area contributed by atoms with Crippen molar-refractivity contribution in [1.29, 1.82) is 0 Å². The molecule has 0 heterocycles. The summed E-state index contributed by atoms with van der Waals surface area (Å²) in [6.07, 6.45) is 1.67. The van der Waals surface area contributed by atoms with Gasteiger partial charge in [-0.05, 0) is 13.1 Å². The molecule has 2 heteroatoms. The van der Waals surface area contributed by atoms with Crippen LogP contribution in [0, 0.1) is 0 Å². The number of rotatable bonds is 5. The van der Waals surface area contributed by atoms with Crippen molar-refractivity contribution in [1.82, 2.24) is 5.32 Å². The molecule has 0 aliphatic heterocycles. The van der Waals surface area contributed by atoms with Gasteiger partial charge in [0, 0.05) is 13.2 Å². The van der Waals surface area contributed by atoms with Crippen LogP contribution in [0.5, 0.6) is 0 Å². The van der Waals surface area contributed by atoms with Crippen molar-refractivity contribution in [2.45, 2.75) is 6.92 Å². The fourth-order valence-corrected chi connectivity index (χ4v) is 0.377. The van der Waals surface area contributed by atoms with E-state index in [9.17, 15) is 0 Å². The zero-order valence-electron chi connectivity index (χ0n) is 5.31. The van der Waals surface area contributed by atoms with E-state index in [4.69, 9.17) is 4.74 Å². The Morgan fingerprint density at radius 2 is 2.50 bits per heavy atom. The fraction of sp³-hybridized carbons (Fsp3) is 0.667. The van der Waals surface area contributed by atoms with Crippen molar-refractivity contribution < 1.29 is 4.74 Å². The first-order valence-electron chi connectivity index (χ1n) is 2.83. The second-order valence-corrected chi connectivity index (χ2v) is 1.36. The van der Waals surface area contributed by atoms with E-state index in [1.807, 2.05) is 6.92 Å². The van der Waals surface area contributed by atoms with Gasteiger partial charge in [-0.3, -0.25) is 0 Å². The van der Waals surface area contributed by atoms with Gasteiger partial charge in [0.15, 0.2) is 0 Å². The molecular weight excluding hydrogens is 102 g/mol. The zero-order chi connectivity index (χ0) is 6.24. The van der Waals surface area contributed by atoms with Crippen LogP contribution in [0.1, 0.15) is 6.92 Å². The van der Waals surface area contributed by atoms with Crippen LogP contribution in [0.2, 0.25) is 0 Å². The van der Waals surface area contributed by atoms with Crippen molar-refractivity contribution in [2.24, 2.45) is 0 Å². The molecule has 0 aromatic heterocycles. The summed E-state index contributed by atoms with van der Waals surface area (Å²) in [5, 5.41) is 2.92. The van der Waals surface area contributed by atoms with Crippen LogP contribution in [-0.2, 0) is 4.74 Å². The Morgan fingerprint density at radius 3 is 3.00 bits per heavy atom. The predicted molar refractivity (Wildman–Crippen MR) is 34.7 cm³/mol. The first-order valence-corrected chi connectivity index (χ1v) is 2.83. The Hall–Kier alpha value is -0.500. The molecule has 0 spiro atoms. The molecular formula is C6H13NO. The monoisotopic (exact) mass is 115 g/mol. The van der Waals surface area contributed by atoms with Crippen molar-refractivity contribution in [3.8, 4) is 0 Å². The van der Waals surface area contributed by atoms with E-state index < -0.39 is 0 Å². The quantitative estimate of drug-likeness (QED) is 0.534. The predicted octanol–water partition coefficient (Wildman–Crippen LogP) is 0.756. The van der Waals surface area contributed by atoms with Crippen molar-refractivity contribution in [2.75, 3.05) is 19.8 Å². The van der Waals surface area contributed by atoms with Crippen LogP contribution in [-0.4, -0.2) is 19.8 Å². The minimum absolute atomic E-state index is 0.766. The lowest BCUT2D eigenvalue weighted by molar-refractivity contribution is 0.152. The largest absolute Gasteiger partial charge is 0.389 e. The molecule has 0 aliphatic rings. The van der Waals surface area contributed by atoms with Crippen LogP contribution in [0.3, 0.4) is 0 Å². The molecule has 0 amide bonds. The van der Waals surface area contributed by atoms with E-state index in [-0.39, 0.29) is 0 Å². The van der Waals surface area contributed by atoms with E-state index in [2.05, 4.69) is 11.9 Å². The van der Waals surface area contributed by atoms with Crippen LogP contribution < -0.4 is 5.32 Å². The molecule has 0 rings (SSSR count).